The van der Waals surface area contributed by atoms with E-state index in [2.05, 4.69) is 26.1 Å². The summed E-state index contributed by atoms with van der Waals surface area (Å²) in [4.78, 5) is 0. The maximum Gasteiger partial charge on any atom is 0.0451 e. The third kappa shape index (κ3) is 2.10. The number of benzene rings is 1. The first-order chi connectivity index (χ1) is 9.34. The van der Waals surface area contributed by atoms with Gasteiger partial charge in [-0.2, -0.15) is 0 Å². The molecule has 2 fully saturated rings. The van der Waals surface area contributed by atoms with Gasteiger partial charge in [-0.3, -0.25) is 0 Å². The summed E-state index contributed by atoms with van der Waals surface area (Å²) in [6.07, 6.45) is 4.02. The fourth-order valence-corrected chi connectivity index (χ4v) is 4.80. The Morgan fingerprint density at radius 2 is 2.00 bits per heavy atom. The molecule has 110 valence electrons. The van der Waals surface area contributed by atoms with Gasteiger partial charge in [0.2, 0.25) is 0 Å². The van der Waals surface area contributed by atoms with Crippen molar-refractivity contribution >= 4 is 23.2 Å². The highest BCUT2D eigenvalue weighted by Gasteiger charge is 2.60. The van der Waals surface area contributed by atoms with Gasteiger partial charge >= 0.3 is 0 Å². The second-order valence-electron chi connectivity index (χ2n) is 7.28. The van der Waals surface area contributed by atoms with Crippen LogP contribution in [0.1, 0.15) is 45.6 Å². The van der Waals surface area contributed by atoms with E-state index in [0.717, 1.165) is 28.1 Å². The smallest absolute Gasteiger partial charge is 0.0451 e. The van der Waals surface area contributed by atoms with E-state index in [1.54, 1.807) is 0 Å². The molecule has 1 N–H and O–H groups in total. The Bertz CT molecular complexity index is 526. The molecule has 20 heavy (non-hydrogen) atoms. The fourth-order valence-electron chi connectivity index (χ4n) is 4.42. The first-order valence-corrected chi connectivity index (χ1v) is 8.27. The molecule has 3 unspecified atom stereocenters. The molecule has 1 aromatic rings. The fraction of sp³-hybridized carbons (Fsp3) is 0.647. The highest BCUT2D eigenvalue weighted by atomic mass is 35.5. The van der Waals surface area contributed by atoms with Crippen LogP contribution in [0.5, 0.6) is 0 Å². The van der Waals surface area contributed by atoms with Crippen molar-refractivity contribution in [2.24, 2.45) is 16.7 Å². The summed E-state index contributed by atoms with van der Waals surface area (Å²) in [5.74, 6) is 0.861. The van der Waals surface area contributed by atoms with Crippen molar-refractivity contribution in [3.05, 3.63) is 33.8 Å². The third-order valence-electron chi connectivity index (χ3n) is 6.34. The molecule has 1 nitrogen and oxygen atoms in total. The normalized spacial score (nSPS) is 34.6. The summed E-state index contributed by atoms with van der Waals surface area (Å²) in [7, 11) is 0. The number of nitrogens with one attached hydrogen (secondary N) is 1. The molecule has 2 aliphatic rings. The molecule has 1 aromatic carbocycles. The Labute approximate surface area is 132 Å². The van der Waals surface area contributed by atoms with Crippen molar-refractivity contribution in [3.63, 3.8) is 0 Å². The zero-order valence-electron chi connectivity index (χ0n) is 12.5. The molecule has 0 aromatic heterocycles. The van der Waals surface area contributed by atoms with Crippen LogP contribution in [-0.4, -0.2) is 6.04 Å². The number of fused-ring (bicyclic) bond motifs is 2. The quantitative estimate of drug-likeness (QED) is 0.799. The SMILES string of the molecule is CC1(C)C2CCC1(C)C(NCc1cc(Cl)ccc1Cl)C2. The summed E-state index contributed by atoms with van der Waals surface area (Å²) in [6.45, 7) is 8.15. The minimum Gasteiger partial charge on any atom is -0.309 e. The lowest BCUT2D eigenvalue weighted by Crippen LogP contribution is -2.44. The van der Waals surface area contributed by atoms with Crippen LogP contribution >= 0.6 is 23.2 Å². The second kappa shape index (κ2) is 4.90. The minimum atomic E-state index is 0.405. The van der Waals surface area contributed by atoms with Gasteiger partial charge in [0.15, 0.2) is 0 Å². The largest absolute Gasteiger partial charge is 0.309 e. The molecular weight excluding hydrogens is 289 g/mol. The summed E-state index contributed by atoms with van der Waals surface area (Å²) in [5, 5.41) is 5.31. The first-order valence-electron chi connectivity index (χ1n) is 7.52. The number of hydrogen-bond donors (Lipinski definition) is 1. The van der Waals surface area contributed by atoms with E-state index in [9.17, 15) is 0 Å². The van der Waals surface area contributed by atoms with E-state index in [0.29, 0.717) is 16.9 Å². The Morgan fingerprint density at radius 1 is 1.25 bits per heavy atom. The van der Waals surface area contributed by atoms with Gasteiger partial charge in [-0.15, -0.1) is 0 Å². The standard InChI is InChI=1S/C17H23Cl2N/c1-16(2)12-6-7-17(16,3)15(9-12)20-10-11-8-13(18)4-5-14(11)19/h4-5,8,12,15,20H,6-7,9-10H2,1-3H3. The molecule has 0 radical (unpaired) electrons. The van der Waals surface area contributed by atoms with Gasteiger partial charge in [-0.05, 0) is 59.8 Å². The van der Waals surface area contributed by atoms with Crippen LogP contribution in [0, 0.1) is 16.7 Å². The van der Waals surface area contributed by atoms with Crippen LogP contribution in [-0.2, 0) is 6.54 Å². The molecule has 0 heterocycles. The Hall–Kier alpha value is -0.240. The first kappa shape index (κ1) is 14.7. The van der Waals surface area contributed by atoms with Gasteiger partial charge in [0, 0.05) is 22.6 Å². The van der Waals surface area contributed by atoms with E-state index in [4.69, 9.17) is 23.2 Å². The van der Waals surface area contributed by atoms with Crippen LogP contribution in [0.2, 0.25) is 10.0 Å². The van der Waals surface area contributed by atoms with E-state index in [1.165, 1.54) is 19.3 Å². The van der Waals surface area contributed by atoms with Crippen molar-refractivity contribution in [1.82, 2.24) is 5.32 Å². The molecule has 3 heteroatoms. The zero-order chi connectivity index (χ0) is 14.5. The Balaban J connectivity index is 1.73. The van der Waals surface area contributed by atoms with E-state index in [-0.39, 0.29) is 0 Å². The molecule has 0 saturated heterocycles. The summed E-state index contributed by atoms with van der Waals surface area (Å²) in [5.41, 5.74) is 1.95. The van der Waals surface area contributed by atoms with Crippen molar-refractivity contribution in [2.75, 3.05) is 0 Å². The molecule has 3 rings (SSSR count). The van der Waals surface area contributed by atoms with Crippen molar-refractivity contribution in [3.8, 4) is 0 Å². The number of hydrogen-bond acceptors (Lipinski definition) is 1. The van der Waals surface area contributed by atoms with Crippen molar-refractivity contribution in [2.45, 2.75) is 52.6 Å². The van der Waals surface area contributed by atoms with E-state index in [1.807, 2.05) is 18.2 Å². The Kier molecular flexibility index (Phi) is 3.60. The van der Waals surface area contributed by atoms with Gasteiger partial charge in [-0.1, -0.05) is 44.0 Å². The van der Waals surface area contributed by atoms with Gasteiger partial charge in [0.1, 0.15) is 0 Å². The molecule has 0 spiro atoms. The third-order valence-corrected chi connectivity index (χ3v) is 6.94. The molecule has 2 bridgehead atoms. The van der Waals surface area contributed by atoms with Gasteiger partial charge < -0.3 is 5.32 Å². The van der Waals surface area contributed by atoms with Crippen LogP contribution in [0.25, 0.3) is 0 Å². The number of halogens is 2. The van der Waals surface area contributed by atoms with E-state index >= 15 is 0 Å². The van der Waals surface area contributed by atoms with Crippen LogP contribution < -0.4 is 5.32 Å². The molecule has 0 amide bonds. The van der Waals surface area contributed by atoms with Gasteiger partial charge in [0.25, 0.3) is 0 Å². The van der Waals surface area contributed by atoms with Gasteiger partial charge in [0.05, 0.1) is 0 Å². The predicted octanol–water partition coefficient (Wildman–Crippen LogP) is 5.30. The van der Waals surface area contributed by atoms with Crippen molar-refractivity contribution < 1.29 is 0 Å². The lowest BCUT2D eigenvalue weighted by Gasteiger charge is -2.39. The molecule has 3 atom stereocenters. The second-order valence-corrected chi connectivity index (χ2v) is 8.12. The average molecular weight is 312 g/mol. The molecule has 0 aliphatic heterocycles. The summed E-state index contributed by atoms with van der Waals surface area (Å²) < 4.78 is 0. The lowest BCUT2D eigenvalue weighted by atomic mass is 9.69. The summed E-state index contributed by atoms with van der Waals surface area (Å²) in [6, 6.07) is 6.28. The van der Waals surface area contributed by atoms with E-state index < -0.39 is 0 Å². The minimum absolute atomic E-state index is 0.405. The number of rotatable bonds is 3. The summed E-state index contributed by atoms with van der Waals surface area (Å²) >= 11 is 12.3. The predicted molar refractivity (Wildman–Crippen MR) is 86.3 cm³/mol. The van der Waals surface area contributed by atoms with Crippen molar-refractivity contribution in [1.29, 1.82) is 0 Å². The maximum absolute atomic E-state index is 6.25. The average Bonchev–Trinajstić information content (AvgIpc) is 2.72. The van der Waals surface area contributed by atoms with Crippen LogP contribution in [0.3, 0.4) is 0 Å². The van der Waals surface area contributed by atoms with Crippen LogP contribution in [0.4, 0.5) is 0 Å². The molecular formula is C17H23Cl2N. The highest BCUT2D eigenvalue weighted by Crippen LogP contribution is 2.65. The monoisotopic (exact) mass is 311 g/mol. The zero-order valence-corrected chi connectivity index (χ0v) is 14.0. The highest BCUT2D eigenvalue weighted by molar-refractivity contribution is 6.33. The topological polar surface area (TPSA) is 12.0 Å². The molecule has 2 saturated carbocycles. The lowest BCUT2D eigenvalue weighted by molar-refractivity contribution is 0.120. The van der Waals surface area contributed by atoms with Crippen LogP contribution in [0.15, 0.2) is 18.2 Å². The Morgan fingerprint density at radius 3 is 2.60 bits per heavy atom. The molecule has 2 aliphatic carbocycles. The van der Waals surface area contributed by atoms with Gasteiger partial charge in [-0.25, -0.2) is 0 Å². The maximum atomic E-state index is 6.25.